The first kappa shape index (κ1) is 19.0. The van der Waals surface area contributed by atoms with Crippen molar-refractivity contribution in [3.63, 3.8) is 0 Å². The lowest BCUT2D eigenvalue weighted by molar-refractivity contribution is 0.113. The molecule has 1 atom stereocenters. The fourth-order valence-corrected chi connectivity index (χ4v) is 5.04. The van der Waals surface area contributed by atoms with Crippen molar-refractivity contribution in [2.75, 3.05) is 32.7 Å². The fraction of sp³-hybridized carbons (Fsp3) is 0.444. The zero-order chi connectivity index (χ0) is 19.1. The number of hydrogen-bond acceptors (Lipinski definition) is 6. The predicted octanol–water partition coefficient (Wildman–Crippen LogP) is 3.84. The maximum atomic E-state index is 10.9. The van der Waals surface area contributed by atoms with Crippen LogP contribution in [-0.4, -0.2) is 62.2 Å². The van der Waals surface area contributed by atoms with Crippen molar-refractivity contribution in [3.05, 3.63) is 44.5 Å². The second-order valence-corrected chi connectivity index (χ2v) is 8.51. The molecule has 0 spiro atoms. The minimum absolute atomic E-state index is 0.118. The van der Waals surface area contributed by atoms with Crippen LogP contribution < -0.4 is 0 Å². The number of nitrogens with zero attached hydrogens (tertiary/aromatic N) is 5. The molecule has 0 radical (unpaired) electrons. The van der Waals surface area contributed by atoms with Gasteiger partial charge in [-0.25, -0.2) is 4.98 Å². The van der Waals surface area contributed by atoms with Gasteiger partial charge in [-0.2, -0.15) is 4.52 Å². The van der Waals surface area contributed by atoms with E-state index in [1.165, 1.54) is 15.9 Å². The summed E-state index contributed by atoms with van der Waals surface area (Å²) >= 11 is 13.9. The Morgan fingerprint density at radius 3 is 2.56 bits per heavy atom. The molecule has 1 unspecified atom stereocenters. The molecule has 3 aromatic rings. The molecule has 9 heteroatoms. The number of piperazine rings is 1. The van der Waals surface area contributed by atoms with E-state index in [-0.39, 0.29) is 11.9 Å². The molecule has 27 heavy (non-hydrogen) atoms. The third-order valence-electron chi connectivity index (χ3n) is 5.03. The van der Waals surface area contributed by atoms with Gasteiger partial charge < -0.3 is 10.0 Å². The molecular weight excluding hydrogens is 405 g/mol. The molecule has 1 N–H and O–H groups in total. The predicted molar refractivity (Wildman–Crippen MR) is 109 cm³/mol. The van der Waals surface area contributed by atoms with Gasteiger partial charge in [0, 0.05) is 26.2 Å². The van der Waals surface area contributed by atoms with Gasteiger partial charge in [-0.15, -0.1) is 5.10 Å². The summed E-state index contributed by atoms with van der Waals surface area (Å²) in [7, 11) is 0. The van der Waals surface area contributed by atoms with Crippen molar-refractivity contribution in [2.45, 2.75) is 19.9 Å². The van der Waals surface area contributed by atoms with E-state index in [0.29, 0.717) is 20.8 Å². The summed E-state index contributed by atoms with van der Waals surface area (Å²) in [5.74, 6) is 0.787. The Balaban J connectivity index is 1.78. The zero-order valence-electron chi connectivity index (χ0n) is 15.2. The van der Waals surface area contributed by atoms with Crippen LogP contribution >= 0.6 is 34.5 Å². The molecule has 1 aliphatic heterocycles. The summed E-state index contributed by atoms with van der Waals surface area (Å²) in [6, 6.07) is 5.56. The first-order valence-corrected chi connectivity index (χ1v) is 10.5. The second kappa shape index (κ2) is 7.56. The van der Waals surface area contributed by atoms with Gasteiger partial charge in [-0.05, 0) is 31.2 Å². The number of aromatic nitrogens is 3. The molecule has 2 aromatic heterocycles. The molecule has 0 saturated carbocycles. The molecule has 1 fully saturated rings. The lowest BCUT2D eigenvalue weighted by Gasteiger charge is -2.38. The largest absolute Gasteiger partial charge is 0.492 e. The second-order valence-electron chi connectivity index (χ2n) is 6.69. The van der Waals surface area contributed by atoms with Crippen LogP contribution in [0, 0.1) is 6.92 Å². The lowest BCUT2D eigenvalue weighted by Crippen LogP contribution is -2.47. The van der Waals surface area contributed by atoms with E-state index in [9.17, 15) is 5.11 Å². The summed E-state index contributed by atoms with van der Waals surface area (Å²) in [5, 5.41) is 16.2. The molecule has 1 aromatic carbocycles. The Labute approximate surface area is 171 Å². The van der Waals surface area contributed by atoms with E-state index in [1.54, 1.807) is 0 Å². The summed E-state index contributed by atoms with van der Waals surface area (Å²) in [4.78, 5) is 10.7. The molecule has 0 amide bonds. The molecule has 0 aliphatic carbocycles. The van der Waals surface area contributed by atoms with Gasteiger partial charge in [-0.1, -0.05) is 47.5 Å². The highest BCUT2D eigenvalue weighted by Gasteiger charge is 2.31. The van der Waals surface area contributed by atoms with E-state index >= 15 is 0 Å². The van der Waals surface area contributed by atoms with Crippen LogP contribution in [0.25, 0.3) is 4.96 Å². The molecule has 6 nitrogen and oxygen atoms in total. The molecule has 0 bridgehead atoms. The average molecular weight is 426 g/mol. The van der Waals surface area contributed by atoms with Crippen molar-refractivity contribution in [1.29, 1.82) is 0 Å². The molecular formula is C18H21Cl2N5OS. The number of aryl methyl sites for hydroxylation is 1. The Morgan fingerprint density at radius 1 is 1.19 bits per heavy atom. The third kappa shape index (κ3) is 3.54. The van der Waals surface area contributed by atoms with Crippen LogP contribution in [-0.2, 0) is 0 Å². The van der Waals surface area contributed by atoms with Crippen molar-refractivity contribution >= 4 is 39.5 Å². The van der Waals surface area contributed by atoms with E-state index in [0.717, 1.165) is 43.2 Å². The van der Waals surface area contributed by atoms with Gasteiger partial charge in [0.15, 0.2) is 0 Å². The number of aromatic hydroxyl groups is 1. The molecule has 144 valence electrons. The summed E-state index contributed by atoms with van der Waals surface area (Å²) in [6.45, 7) is 8.85. The highest BCUT2D eigenvalue weighted by Crippen LogP contribution is 2.41. The Kier molecular flexibility index (Phi) is 5.31. The molecule has 1 aliphatic rings. The van der Waals surface area contributed by atoms with Crippen LogP contribution in [0.3, 0.4) is 0 Å². The number of likely N-dealkylation sites (N-methyl/N-ethyl adjacent to an activating group) is 1. The van der Waals surface area contributed by atoms with Crippen molar-refractivity contribution in [2.24, 2.45) is 0 Å². The highest BCUT2D eigenvalue weighted by atomic mass is 35.5. The van der Waals surface area contributed by atoms with E-state index in [2.05, 4.69) is 26.8 Å². The summed E-state index contributed by atoms with van der Waals surface area (Å²) < 4.78 is 1.52. The van der Waals surface area contributed by atoms with Gasteiger partial charge in [-0.3, -0.25) is 4.90 Å². The van der Waals surface area contributed by atoms with Crippen LogP contribution in [0.1, 0.15) is 29.2 Å². The topological polar surface area (TPSA) is 56.9 Å². The Hall–Kier alpha value is -1.38. The highest BCUT2D eigenvalue weighted by molar-refractivity contribution is 7.17. The van der Waals surface area contributed by atoms with E-state index in [1.807, 2.05) is 25.1 Å². The molecule has 4 rings (SSSR count). The molecule has 1 saturated heterocycles. The maximum Gasteiger partial charge on any atom is 0.230 e. The lowest BCUT2D eigenvalue weighted by atomic mass is 10.0. The van der Waals surface area contributed by atoms with Crippen molar-refractivity contribution in [3.8, 4) is 5.88 Å². The zero-order valence-corrected chi connectivity index (χ0v) is 17.5. The minimum Gasteiger partial charge on any atom is -0.492 e. The Bertz CT molecular complexity index is 964. The van der Waals surface area contributed by atoms with Gasteiger partial charge in [0.2, 0.25) is 10.8 Å². The number of hydrogen-bond donors (Lipinski definition) is 1. The number of thiazole rings is 1. The number of fused-ring (bicyclic) bond motifs is 1. The smallest absolute Gasteiger partial charge is 0.230 e. The van der Waals surface area contributed by atoms with Crippen molar-refractivity contribution in [1.82, 2.24) is 24.4 Å². The first-order chi connectivity index (χ1) is 13.0. The molecule has 3 heterocycles. The van der Waals surface area contributed by atoms with Crippen LogP contribution in [0.2, 0.25) is 10.0 Å². The van der Waals surface area contributed by atoms with E-state index < -0.39 is 0 Å². The van der Waals surface area contributed by atoms with E-state index in [4.69, 9.17) is 23.2 Å². The SMILES string of the molecule is CCN1CCN(C(c2ccc(Cl)c(Cl)c2)c2sc3nc(C)nn3c2O)CC1. The van der Waals surface area contributed by atoms with Gasteiger partial charge >= 0.3 is 0 Å². The maximum absolute atomic E-state index is 10.9. The third-order valence-corrected chi connectivity index (χ3v) is 6.84. The number of rotatable bonds is 4. The minimum atomic E-state index is -0.118. The van der Waals surface area contributed by atoms with Gasteiger partial charge in [0.25, 0.3) is 0 Å². The summed E-state index contributed by atoms with van der Waals surface area (Å²) in [6.07, 6.45) is 0. The normalized spacial score (nSPS) is 17.6. The number of benzene rings is 1. The fourth-order valence-electron chi connectivity index (χ4n) is 3.57. The number of halogens is 2. The first-order valence-electron chi connectivity index (χ1n) is 8.94. The summed E-state index contributed by atoms with van der Waals surface area (Å²) in [5.41, 5.74) is 1.01. The average Bonchev–Trinajstić information content (AvgIpc) is 3.16. The van der Waals surface area contributed by atoms with Crippen LogP contribution in [0.4, 0.5) is 0 Å². The monoisotopic (exact) mass is 425 g/mol. The van der Waals surface area contributed by atoms with Crippen LogP contribution in [0.15, 0.2) is 18.2 Å². The Morgan fingerprint density at radius 2 is 1.93 bits per heavy atom. The van der Waals surface area contributed by atoms with Crippen molar-refractivity contribution < 1.29 is 5.11 Å². The van der Waals surface area contributed by atoms with Crippen LogP contribution in [0.5, 0.6) is 5.88 Å². The quantitative estimate of drug-likeness (QED) is 0.687. The van der Waals surface area contributed by atoms with Gasteiger partial charge in [0.05, 0.1) is 21.0 Å². The van der Waals surface area contributed by atoms with Gasteiger partial charge in [0.1, 0.15) is 5.82 Å². The standard InChI is InChI=1S/C18H21Cl2N5OS/c1-3-23-6-8-24(9-7-23)15(12-4-5-13(19)14(20)10-12)16-17(26)25-18(27-16)21-11(2)22-25/h4-5,10,15,26H,3,6-9H2,1-2H3.